The highest BCUT2D eigenvalue weighted by Crippen LogP contribution is 2.22. The number of halogens is 2. The van der Waals surface area contributed by atoms with Crippen LogP contribution in [0.4, 0.5) is 4.39 Å². The second kappa shape index (κ2) is 9.08. The van der Waals surface area contributed by atoms with Crippen molar-refractivity contribution in [3.63, 3.8) is 0 Å². The molecule has 112 valence electrons. The molecular weight excluding hydrogens is 325 g/mol. The van der Waals surface area contributed by atoms with Crippen molar-refractivity contribution in [1.29, 1.82) is 0 Å². The fourth-order valence-electron chi connectivity index (χ4n) is 2.00. The maximum absolute atomic E-state index is 13.5. The predicted molar refractivity (Wildman–Crippen MR) is 81.2 cm³/mol. The van der Waals surface area contributed by atoms with Gasteiger partial charge in [0.2, 0.25) is 0 Å². The Bertz CT molecular complexity index is 440. The van der Waals surface area contributed by atoms with Gasteiger partial charge in [-0.3, -0.25) is 4.79 Å². The maximum Gasteiger partial charge on any atom is 0.255 e. The Hall–Kier alpha value is -0.940. The van der Waals surface area contributed by atoms with Gasteiger partial charge in [0.1, 0.15) is 5.82 Å². The third-order valence-electron chi connectivity index (χ3n) is 3.12. The second-order valence-corrected chi connectivity index (χ2v) is 5.47. The van der Waals surface area contributed by atoms with Gasteiger partial charge in [-0.15, -0.1) is 0 Å². The first-order valence-corrected chi connectivity index (χ1v) is 7.75. The van der Waals surface area contributed by atoms with Crippen LogP contribution < -0.4 is 0 Å². The summed E-state index contributed by atoms with van der Waals surface area (Å²) >= 11 is 3.11. The lowest BCUT2D eigenvalue weighted by Crippen LogP contribution is -2.34. The van der Waals surface area contributed by atoms with Crippen LogP contribution in [0.3, 0.4) is 0 Å². The molecule has 0 saturated carbocycles. The van der Waals surface area contributed by atoms with Crippen LogP contribution in [0.25, 0.3) is 0 Å². The normalized spacial score (nSPS) is 10.6. The first-order chi connectivity index (χ1) is 9.61. The largest absolute Gasteiger partial charge is 0.395 e. The van der Waals surface area contributed by atoms with Crippen LogP contribution in [0.2, 0.25) is 0 Å². The second-order valence-electron chi connectivity index (χ2n) is 4.68. The molecule has 20 heavy (non-hydrogen) atoms. The van der Waals surface area contributed by atoms with E-state index in [-0.39, 0.29) is 23.5 Å². The zero-order valence-corrected chi connectivity index (χ0v) is 13.3. The molecule has 0 unspecified atom stereocenters. The van der Waals surface area contributed by atoms with Crippen LogP contribution in [-0.2, 0) is 0 Å². The van der Waals surface area contributed by atoms with E-state index in [9.17, 15) is 9.18 Å². The third kappa shape index (κ3) is 4.87. The van der Waals surface area contributed by atoms with Crippen LogP contribution in [0.1, 0.15) is 43.0 Å². The number of aliphatic hydroxyl groups excluding tert-OH is 1. The number of hydrogen-bond donors (Lipinski definition) is 1. The van der Waals surface area contributed by atoms with Gasteiger partial charge in [-0.2, -0.15) is 0 Å². The lowest BCUT2D eigenvalue weighted by molar-refractivity contribution is 0.0717. The summed E-state index contributed by atoms with van der Waals surface area (Å²) in [5.41, 5.74) is 0.300. The highest BCUT2D eigenvalue weighted by molar-refractivity contribution is 9.10. The van der Waals surface area contributed by atoms with Gasteiger partial charge in [0.25, 0.3) is 5.91 Å². The standard InChI is InChI=1S/C15H21BrFNO2/c1-2-3-4-5-9-18(10-11-19)15(20)12-7-6-8-13(17)14(12)16/h6-8,19H,2-5,9-11H2,1H3. The van der Waals surface area contributed by atoms with Crippen molar-refractivity contribution in [3.8, 4) is 0 Å². The molecule has 0 aromatic heterocycles. The molecule has 1 aromatic carbocycles. The van der Waals surface area contributed by atoms with E-state index in [0.717, 1.165) is 25.7 Å². The first kappa shape index (κ1) is 17.1. The van der Waals surface area contributed by atoms with E-state index in [1.54, 1.807) is 11.0 Å². The summed E-state index contributed by atoms with van der Waals surface area (Å²) < 4.78 is 13.7. The van der Waals surface area contributed by atoms with E-state index in [1.165, 1.54) is 12.1 Å². The number of unbranched alkanes of at least 4 members (excludes halogenated alkanes) is 3. The van der Waals surface area contributed by atoms with Crippen molar-refractivity contribution in [2.45, 2.75) is 32.6 Å². The molecule has 3 nitrogen and oxygen atoms in total. The molecule has 0 fully saturated rings. The molecule has 0 radical (unpaired) electrons. The number of hydrogen-bond acceptors (Lipinski definition) is 2. The highest BCUT2D eigenvalue weighted by Gasteiger charge is 2.19. The minimum absolute atomic E-state index is 0.0908. The highest BCUT2D eigenvalue weighted by atomic mass is 79.9. The average Bonchev–Trinajstić information content (AvgIpc) is 2.44. The topological polar surface area (TPSA) is 40.5 Å². The Labute approximate surface area is 127 Å². The van der Waals surface area contributed by atoms with Crippen molar-refractivity contribution < 1.29 is 14.3 Å². The molecule has 1 amide bonds. The lowest BCUT2D eigenvalue weighted by Gasteiger charge is -2.22. The summed E-state index contributed by atoms with van der Waals surface area (Å²) in [5.74, 6) is -0.701. The lowest BCUT2D eigenvalue weighted by atomic mass is 10.1. The van der Waals surface area contributed by atoms with Gasteiger partial charge in [-0.25, -0.2) is 4.39 Å². The maximum atomic E-state index is 13.5. The molecule has 5 heteroatoms. The van der Waals surface area contributed by atoms with E-state index < -0.39 is 5.82 Å². The van der Waals surface area contributed by atoms with E-state index in [2.05, 4.69) is 22.9 Å². The monoisotopic (exact) mass is 345 g/mol. The number of nitrogens with zero attached hydrogens (tertiary/aromatic N) is 1. The van der Waals surface area contributed by atoms with Gasteiger partial charge in [0.15, 0.2) is 0 Å². The predicted octanol–water partition coefficient (Wildman–Crippen LogP) is 3.60. The molecule has 0 bridgehead atoms. The SMILES string of the molecule is CCCCCCN(CCO)C(=O)c1cccc(F)c1Br. The van der Waals surface area contributed by atoms with Crippen LogP contribution in [-0.4, -0.2) is 35.6 Å². The van der Waals surface area contributed by atoms with Crippen molar-refractivity contribution in [2.24, 2.45) is 0 Å². The van der Waals surface area contributed by atoms with Crippen molar-refractivity contribution in [3.05, 3.63) is 34.1 Å². The molecule has 0 aliphatic carbocycles. The number of aliphatic hydroxyl groups is 1. The fourth-order valence-corrected chi connectivity index (χ4v) is 2.44. The van der Waals surface area contributed by atoms with Gasteiger partial charge in [0.05, 0.1) is 16.6 Å². The van der Waals surface area contributed by atoms with Gasteiger partial charge in [-0.05, 0) is 34.5 Å². The van der Waals surface area contributed by atoms with Gasteiger partial charge in [0, 0.05) is 13.1 Å². The average molecular weight is 346 g/mol. The van der Waals surface area contributed by atoms with E-state index in [4.69, 9.17) is 5.11 Å². The van der Waals surface area contributed by atoms with Crippen molar-refractivity contribution in [1.82, 2.24) is 4.90 Å². The molecular formula is C15H21BrFNO2. The van der Waals surface area contributed by atoms with E-state index in [0.29, 0.717) is 12.1 Å². The molecule has 1 rings (SSSR count). The van der Waals surface area contributed by atoms with Crippen molar-refractivity contribution >= 4 is 21.8 Å². The first-order valence-electron chi connectivity index (χ1n) is 6.96. The summed E-state index contributed by atoms with van der Waals surface area (Å²) in [6.07, 6.45) is 4.21. The van der Waals surface area contributed by atoms with Gasteiger partial charge in [-0.1, -0.05) is 32.3 Å². The summed E-state index contributed by atoms with van der Waals surface area (Å²) in [4.78, 5) is 14.0. The number of rotatable bonds is 8. The van der Waals surface area contributed by atoms with Gasteiger partial charge < -0.3 is 10.0 Å². The van der Waals surface area contributed by atoms with Crippen LogP contribution >= 0.6 is 15.9 Å². The quantitative estimate of drug-likeness (QED) is 0.731. The minimum Gasteiger partial charge on any atom is -0.395 e. The zero-order chi connectivity index (χ0) is 15.0. The molecule has 0 heterocycles. The van der Waals surface area contributed by atoms with Crippen LogP contribution in [0.15, 0.2) is 22.7 Å². The Kier molecular flexibility index (Phi) is 7.77. The number of benzene rings is 1. The molecule has 1 N–H and O–H groups in total. The molecule has 0 aliphatic heterocycles. The van der Waals surface area contributed by atoms with E-state index >= 15 is 0 Å². The summed E-state index contributed by atoms with van der Waals surface area (Å²) in [6, 6.07) is 4.41. The number of carbonyl (C=O) groups excluding carboxylic acids is 1. The third-order valence-corrected chi connectivity index (χ3v) is 3.93. The van der Waals surface area contributed by atoms with Gasteiger partial charge >= 0.3 is 0 Å². The van der Waals surface area contributed by atoms with Crippen molar-refractivity contribution in [2.75, 3.05) is 19.7 Å². The van der Waals surface area contributed by atoms with E-state index in [1.807, 2.05) is 0 Å². The zero-order valence-electron chi connectivity index (χ0n) is 11.7. The Morgan fingerprint density at radius 1 is 1.30 bits per heavy atom. The number of carbonyl (C=O) groups is 1. The Balaban J connectivity index is 2.74. The summed E-state index contributed by atoms with van der Waals surface area (Å²) in [7, 11) is 0. The summed E-state index contributed by atoms with van der Waals surface area (Å²) in [6.45, 7) is 2.89. The van der Waals surface area contributed by atoms with Crippen LogP contribution in [0, 0.1) is 5.82 Å². The summed E-state index contributed by atoms with van der Waals surface area (Å²) in [5, 5.41) is 9.08. The molecule has 0 aliphatic rings. The van der Waals surface area contributed by atoms with Crippen LogP contribution in [0.5, 0.6) is 0 Å². The fraction of sp³-hybridized carbons (Fsp3) is 0.533. The molecule has 1 aromatic rings. The Morgan fingerprint density at radius 2 is 2.05 bits per heavy atom. The minimum atomic E-state index is -0.453. The smallest absolute Gasteiger partial charge is 0.255 e. The molecule has 0 saturated heterocycles. The Morgan fingerprint density at radius 3 is 2.70 bits per heavy atom. The molecule has 0 atom stereocenters. The molecule has 0 spiro atoms. The number of amides is 1.